The fraction of sp³-hybridized carbons (Fsp3) is 0.333. The van der Waals surface area contributed by atoms with Crippen LogP contribution >= 0.6 is 0 Å². The van der Waals surface area contributed by atoms with Crippen LogP contribution in [-0.2, 0) is 26.4 Å². The van der Waals surface area contributed by atoms with E-state index >= 15 is 0 Å². The van der Waals surface area contributed by atoms with Crippen LogP contribution in [-0.4, -0.2) is 44.6 Å². The van der Waals surface area contributed by atoms with Gasteiger partial charge in [0.15, 0.2) is 0 Å². The third kappa shape index (κ3) is 4.50. The number of nitrogens with one attached hydrogen (secondary N) is 1. The van der Waals surface area contributed by atoms with Gasteiger partial charge >= 0.3 is 0 Å². The molecule has 0 aliphatic carbocycles. The molecule has 0 saturated heterocycles. The van der Waals surface area contributed by atoms with Crippen molar-refractivity contribution in [2.24, 2.45) is 7.05 Å². The SMILES string of the molecule is Cc1cc(C)cc(C(=O)N2CCc3c(c(CCNC(=O)c4cccnc4)nn3C)C2)c1. The Hall–Kier alpha value is -3.48. The van der Waals surface area contributed by atoms with Crippen LogP contribution in [0.4, 0.5) is 0 Å². The summed E-state index contributed by atoms with van der Waals surface area (Å²) < 4.78 is 1.91. The van der Waals surface area contributed by atoms with Crippen molar-refractivity contribution in [1.82, 2.24) is 25.0 Å². The molecular weight excluding hydrogens is 390 g/mol. The topological polar surface area (TPSA) is 80.1 Å². The van der Waals surface area contributed by atoms with Crippen LogP contribution in [0.3, 0.4) is 0 Å². The Bertz CT molecular complexity index is 1100. The highest BCUT2D eigenvalue weighted by atomic mass is 16.2. The molecule has 1 N–H and O–H groups in total. The molecule has 1 aromatic carbocycles. The van der Waals surface area contributed by atoms with E-state index in [0.717, 1.165) is 40.1 Å². The summed E-state index contributed by atoms with van der Waals surface area (Å²) in [6.45, 7) is 5.72. The van der Waals surface area contributed by atoms with E-state index in [1.165, 1.54) is 0 Å². The zero-order chi connectivity index (χ0) is 22.0. The van der Waals surface area contributed by atoms with Gasteiger partial charge in [0.2, 0.25) is 0 Å². The third-order valence-electron chi connectivity index (χ3n) is 5.65. The number of benzene rings is 1. The van der Waals surface area contributed by atoms with Crippen molar-refractivity contribution in [3.05, 3.63) is 81.9 Å². The summed E-state index contributed by atoms with van der Waals surface area (Å²) in [5.74, 6) is -0.0957. The molecule has 7 heteroatoms. The molecular formula is C24H27N5O2. The summed E-state index contributed by atoms with van der Waals surface area (Å²) in [7, 11) is 1.94. The van der Waals surface area contributed by atoms with Gasteiger partial charge in [-0.1, -0.05) is 17.2 Å². The van der Waals surface area contributed by atoms with E-state index < -0.39 is 0 Å². The largest absolute Gasteiger partial charge is 0.352 e. The van der Waals surface area contributed by atoms with Crippen molar-refractivity contribution in [3.8, 4) is 0 Å². The Kier molecular flexibility index (Phi) is 5.84. The summed E-state index contributed by atoms with van der Waals surface area (Å²) in [6, 6.07) is 9.45. The first-order valence-electron chi connectivity index (χ1n) is 10.5. The molecule has 1 aliphatic rings. The van der Waals surface area contributed by atoms with Crippen molar-refractivity contribution >= 4 is 11.8 Å². The van der Waals surface area contributed by atoms with Gasteiger partial charge in [-0.3, -0.25) is 19.3 Å². The fourth-order valence-electron chi connectivity index (χ4n) is 4.22. The van der Waals surface area contributed by atoms with Crippen molar-refractivity contribution in [3.63, 3.8) is 0 Å². The number of aryl methyl sites for hydroxylation is 3. The molecule has 0 unspecified atom stereocenters. The standard InChI is InChI=1S/C24H27N5O2/c1-16-11-17(2)13-19(12-16)24(31)29-10-7-22-20(15-29)21(27-28(22)3)6-9-26-23(30)18-5-4-8-25-14-18/h4-5,8,11-14H,6-7,9-10,15H2,1-3H3,(H,26,30). The maximum Gasteiger partial charge on any atom is 0.254 e. The van der Waals surface area contributed by atoms with Crippen LogP contribution in [0, 0.1) is 13.8 Å². The second-order valence-corrected chi connectivity index (χ2v) is 8.10. The van der Waals surface area contributed by atoms with E-state index in [1.807, 2.05) is 42.6 Å². The lowest BCUT2D eigenvalue weighted by atomic mass is 10.0. The van der Waals surface area contributed by atoms with Crippen LogP contribution in [0.15, 0.2) is 42.7 Å². The monoisotopic (exact) mass is 417 g/mol. The number of aromatic nitrogens is 3. The minimum Gasteiger partial charge on any atom is -0.352 e. The number of carbonyl (C=O) groups excluding carboxylic acids is 2. The molecule has 0 spiro atoms. The van der Waals surface area contributed by atoms with E-state index in [-0.39, 0.29) is 11.8 Å². The maximum atomic E-state index is 13.1. The zero-order valence-corrected chi connectivity index (χ0v) is 18.2. The second-order valence-electron chi connectivity index (χ2n) is 8.10. The Morgan fingerprint density at radius 3 is 2.61 bits per heavy atom. The Morgan fingerprint density at radius 2 is 1.90 bits per heavy atom. The van der Waals surface area contributed by atoms with Gasteiger partial charge in [-0.2, -0.15) is 5.10 Å². The molecule has 0 saturated carbocycles. The smallest absolute Gasteiger partial charge is 0.254 e. The van der Waals surface area contributed by atoms with Crippen molar-refractivity contribution in [1.29, 1.82) is 0 Å². The summed E-state index contributed by atoms with van der Waals surface area (Å²) in [5.41, 5.74) is 6.65. The van der Waals surface area contributed by atoms with Crippen LogP contribution in [0.2, 0.25) is 0 Å². The predicted octanol–water partition coefficient (Wildman–Crippen LogP) is 2.60. The predicted molar refractivity (Wildman–Crippen MR) is 118 cm³/mol. The zero-order valence-electron chi connectivity index (χ0n) is 18.2. The number of hydrogen-bond acceptors (Lipinski definition) is 4. The highest BCUT2D eigenvalue weighted by Crippen LogP contribution is 2.24. The van der Waals surface area contributed by atoms with Crippen LogP contribution < -0.4 is 5.32 Å². The number of carbonyl (C=O) groups is 2. The summed E-state index contributed by atoms with van der Waals surface area (Å²) >= 11 is 0. The fourth-order valence-corrected chi connectivity index (χ4v) is 4.22. The highest BCUT2D eigenvalue weighted by Gasteiger charge is 2.27. The van der Waals surface area contributed by atoms with E-state index in [9.17, 15) is 9.59 Å². The number of nitrogens with zero attached hydrogens (tertiary/aromatic N) is 4. The molecule has 3 heterocycles. The van der Waals surface area contributed by atoms with Gasteiger partial charge < -0.3 is 10.2 Å². The summed E-state index contributed by atoms with van der Waals surface area (Å²) in [6.07, 6.45) is 4.58. The normalized spacial score (nSPS) is 13.1. The van der Waals surface area contributed by atoms with Gasteiger partial charge in [-0.05, 0) is 38.1 Å². The molecule has 3 aromatic rings. The van der Waals surface area contributed by atoms with E-state index in [2.05, 4.69) is 21.5 Å². The molecule has 31 heavy (non-hydrogen) atoms. The lowest BCUT2D eigenvalue weighted by Gasteiger charge is -2.28. The number of amides is 2. The molecule has 0 fully saturated rings. The average Bonchev–Trinajstić information content (AvgIpc) is 3.08. The molecule has 0 radical (unpaired) electrons. The Labute approximate surface area is 182 Å². The van der Waals surface area contributed by atoms with Gasteiger partial charge in [-0.15, -0.1) is 0 Å². The first-order chi connectivity index (χ1) is 14.9. The third-order valence-corrected chi connectivity index (χ3v) is 5.65. The first kappa shape index (κ1) is 20.8. The molecule has 1 aliphatic heterocycles. The molecule has 0 atom stereocenters. The van der Waals surface area contributed by atoms with Crippen molar-refractivity contribution in [2.45, 2.75) is 33.2 Å². The summed E-state index contributed by atoms with van der Waals surface area (Å²) in [4.78, 5) is 31.3. The molecule has 0 bridgehead atoms. The van der Waals surface area contributed by atoms with Gasteiger partial charge in [0.05, 0.1) is 11.3 Å². The van der Waals surface area contributed by atoms with Crippen LogP contribution in [0.1, 0.15) is 48.8 Å². The van der Waals surface area contributed by atoms with E-state index in [0.29, 0.717) is 31.6 Å². The van der Waals surface area contributed by atoms with Crippen LogP contribution in [0.25, 0.3) is 0 Å². The lowest BCUT2D eigenvalue weighted by Crippen LogP contribution is -2.36. The number of pyridine rings is 1. The van der Waals surface area contributed by atoms with E-state index in [4.69, 9.17) is 0 Å². The number of hydrogen-bond donors (Lipinski definition) is 1. The molecule has 2 amide bonds. The first-order valence-corrected chi connectivity index (χ1v) is 10.5. The van der Waals surface area contributed by atoms with Crippen molar-refractivity contribution in [2.75, 3.05) is 13.1 Å². The summed E-state index contributed by atoms with van der Waals surface area (Å²) in [5, 5.41) is 7.60. The minimum absolute atomic E-state index is 0.0529. The second kappa shape index (κ2) is 8.71. The van der Waals surface area contributed by atoms with Gasteiger partial charge in [0.1, 0.15) is 0 Å². The molecule has 2 aromatic heterocycles. The van der Waals surface area contributed by atoms with Gasteiger partial charge in [0.25, 0.3) is 11.8 Å². The number of rotatable bonds is 5. The van der Waals surface area contributed by atoms with Crippen LogP contribution in [0.5, 0.6) is 0 Å². The van der Waals surface area contributed by atoms with Gasteiger partial charge in [0, 0.05) is 68.7 Å². The lowest BCUT2D eigenvalue weighted by molar-refractivity contribution is 0.0732. The highest BCUT2D eigenvalue weighted by molar-refractivity contribution is 5.95. The number of fused-ring (bicyclic) bond motifs is 1. The van der Waals surface area contributed by atoms with E-state index in [1.54, 1.807) is 24.5 Å². The molecule has 4 rings (SSSR count). The Balaban J connectivity index is 1.45. The van der Waals surface area contributed by atoms with Crippen molar-refractivity contribution < 1.29 is 9.59 Å². The Morgan fingerprint density at radius 1 is 1.13 bits per heavy atom. The molecule has 160 valence electrons. The minimum atomic E-state index is -0.149. The average molecular weight is 418 g/mol. The molecule has 7 nitrogen and oxygen atoms in total. The van der Waals surface area contributed by atoms with Gasteiger partial charge in [-0.25, -0.2) is 0 Å². The quantitative estimate of drug-likeness (QED) is 0.692. The maximum absolute atomic E-state index is 13.1.